The van der Waals surface area contributed by atoms with Gasteiger partial charge in [0, 0.05) is 0 Å². The van der Waals surface area contributed by atoms with E-state index in [-0.39, 0.29) is 34.5 Å². The number of rotatable bonds is 18. The van der Waals surface area contributed by atoms with E-state index in [1.165, 1.54) is 0 Å². The average molecular weight is 1210 g/mol. The minimum Gasteiger partial charge on any atom is -0.394 e. The summed E-state index contributed by atoms with van der Waals surface area (Å²) in [6, 6.07) is 0. The maximum absolute atomic E-state index is 12.9. The molecule has 16 N–H and O–H groups in total. The van der Waals surface area contributed by atoms with Crippen molar-refractivity contribution >= 4 is 0 Å². The maximum Gasteiger partial charge on any atom is 0.187 e. The van der Waals surface area contributed by atoms with Crippen molar-refractivity contribution in [1.82, 2.24) is 0 Å². The quantitative estimate of drug-likeness (QED) is 0.0477. The molecule has 4 aliphatic carbocycles. The molecular formula is C58H98O26. The average Bonchev–Trinajstić information content (AvgIpc) is 1.32. The lowest BCUT2D eigenvalue weighted by atomic mass is 9.35. The Morgan fingerprint density at radius 2 is 1.06 bits per heavy atom. The lowest BCUT2D eigenvalue weighted by Crippen LogP contribution is -2.68. The summed E-state index contributed by atoms with van der Waals surface area (Å²) in [4.78, 5) is 0. The zero-order chi connectivity index (χ0) is 61.5. The predicted octanol–water partition coefficient (Wildman–Crippen LogP) is -3.10. The van der Waals surface area contributed by atoms with E-state index in [1.54, 1.807) is 0 Å². The molecule has 5 saturated heterocycles. The van der Waals surface area contributed by atoms with Gasteiger partial charge in [0.15, 0.2) is 31.5 Å². The molecule has 26 nitrogen and oxygen atoms in total. The fourth-order valence-electron chi connectivity index (χ4n) is 17.2. The number of allylic oxidation sites excluding steroid dienone is 2. The molecule has 5 heterocycles. The second-order valence-corrected chi connectivity index (χ2v) is 27.6. The third-order valence-electron chi connectivity index (χ3n) is 22.3. The summed E-state index contributed by atoms with van der Waals surface area (Å²) in [5.41, 5.74) is -1.72. The van der Waals surface area contributed by atoms with Gasteiger partial charge < -0.3 is 129 Å². The number of aliphatic hydroxyl groups excluding tert-OH is 16. The first-order chi connectivity index (χ1) is 39.4. The van der Waals surface area contributed by atoms with Crippen LogP contribution in [-0.2, 0) is 47.4 Å². The first-order valence-electron chi connectivity index (χ1n) is 30.2. The van der Waals surface area contributed by atoms with E-state index in [1.807, 2.05) is 20.8 Å². The van der Waals surface area contributed by atoms with Crippen molar-refractivity contribution < 1.29 is 129 Å². The van der Waals surface area contributed by atoms with Gasteiger partial charge in [-0.1, -0.05) is 46.3 Å². The number of hydrogen-bond acceptors (Lipinski definition) is 26. The van der Waals surface area contributed by atoms with Crippen LogP contribution in [0.4, 0.5) is 0 Å². The van der Waals surface area contributed by atoms with E-state index in [2.05, 4.69) is 40.7 Å². The molecule has 9 aliphatic rings. The molecule has 84 heavy (non-hydrogen) atoms. The first-order valence-corrected chi connectivity index (χ1v) is 30.2. The highest BCUT2D eigenvalue weighted by atomic mass is 16.8. The molecule has 9 rings (SSSR count). The van der Waals surface area contributed by atoms with Crippen LogP contribution in [0.25, 0.3) is 0 Å². The molecule has 0 aromatic rings. The normalized spacial score (nSPS) is 52.9. The summed E-state index contributed by atoms with van der Waals surface area (Å²) in [6.07, 6.45) is -29.8. The summed E-state index contributed by atoms with van der Waals surface area (Å²) in [5, 5.41) is 174. The highest BCUT2D eigenvalue weighted by Gasteiger charge is 2.72. The summed E-state index contributed by atoms with van der Waals surface area (Å²) in [5.74, 6) is -0.565. The largest absolute Gasteiger partial charge is 0.394 e. The molecule has 0 aromatic carbocycles. The van der Waals surface area contributed by atoms with Gasteiger partial charge in [0.2, 0.25) is 0 Å². The second-order valence-electron chi connectivity index (χ2n) is 27.6. The van der Waals surface area contributed by atoms with Crippen LogP contribution < -0.4 is 0 Å². The van der Waals surface area contributed by atoms with Gasteiger partial charge in [0.25, 0.3) is 0 Å². The Labute approximate surface area is 490 Å². The number of hydrogen-bond donors (Lipinski definition) is 16. The molecule has 0 radical (unpaired) electrons. The topological polar surface area (TPSA) is 416 Å². The standard InChI is InChI=1S/C58H98O26/c1-24(2)10-9-14-58(8,84-51-46(74)42(70)39(67)31(80-51)23-76-52-47(40(68)30(21-61)78-52)82-49-44(72)36(64)27(63)22-75-49)25-11-16-57(7)35(25)26(62)18-33-55(5)15-13-34(54(3,4)32(55)12-17-56(33,57)6)81-53-48(43(71)38(66)29(20-60)79-53)83-50-45(73)41(69)37(65)28(19-59)77-50/h10,25-53,59-74H,9,11-23H2,1-8H3/t25-,26+,27+,28+,29+,30-,31+,32?,33?,34-,35-,36-,37+,38+,39+,40-,41-,42-,43-,44+,45+,46+,47+,48+,49-,50-,51-,52+,53-,55-,56+,57+,58-/m1/s1. The highest BCUT2D eigenvalue weighted by Crippen LogP contribution is 2.76. The Bertz CT molecular complexity index is 2210. The van der Waals surface area contributed by atoms with Crippen LogP contribution in [0.2, 0.25) is 0 Å². The third-order valence-corrected chi connectivity index (χ3v) is 22.3. The molecule has 5 aliphatic heterocycles. The second kappa shape index (κ2) is 25.8. The lowest BCUT2D eigenvalue weighted by molar-refractivity contribution is -0.378. The molecule has 0 aromatic heterocycles. The fraction of sp³-hybridized carbons (Fsp3) is 0.966. The monoisotopic (exact) mass is 1210 g/mol. The molecule has 2 unspecified atom stereocenters. The van der Waals surface area contributed by atoms with Crippen LogP contribution in [0.3, 0.4) is 0 Å². The van der Waals surface area contributed by atoms with Gasteiger partial charge in [0.05, 0.1) is 50.8 Å². The van der Waals surface area contributed by atoms with Crippen molar-refractivity contribution in [3.8, 4) is 0 Å². The molecule has 9 fully saturated rings. The molecule has 4 saturated carbocycles. The van der Waals surface area contributed by atoms with Gasteiger partial charge in [-0.25, -0.2) is 0 Å². The van der Waals surface area contributed by atoms with Crippen molar-refractivity contribution in [2.24, 2.45) is 45.3 Å². The van der Waals surface area contributed by atoms with Crippen LogP contribution in [0.15, 0.2) is 11.6 Å². The van der Waals surface area contributed by atoms with Gasteiger partial charge in [-0.3, -0.25) is 0 Å². The van der Waals surface area contributed by atoms with Crippen LogP contribution in [0.1, 0.15) is 113 Å². The Morgan fingerprint density at radius 1 is 0.524 bits per heavy atom. The molecule has 0 spiro atoms. The molecule has 33 atom stereocenters. The third kappa shape index (κ3) is 11.9. The Kier molecular flexibility index (Phi) is 20.6. The van der Waals surface area contributed by atoms with Crippen molar-refractivity contribution in [2.75, 3.05) is 33.0 Å². The van der Waals surface area contributed by atoms with Crippen LogP contribution in [-0.4, -0.2) is 274 Å². The summed E-state index contributed by atoms with van der Waals surface area (Å²) >= 11 is 0. The van der Waals surface area contributed by atoms with E-state index in [4.69, 9.17) is 47.4 Å². The van der Waals surface area contributed by atoms with Gasteiger partial charge >= 0.3 is 0 Å². The Hall–Kier alpha value is -1.30. The van der Waals surface area contributed by atoms with Gasteiger partial charge in [0.1, 0.15) is 110 Å². The SMILES string of the molecule is CC(C)=CCC[C@@](C)(O[C@H]1O[C@@H](CO[C@H]2O[C@H](CO)[C@@H](O)[C@@H]2O[C@H]2OC[C@H](O)[C@@H](O)[C@@H]2O)[C@H](O)[C@@H](O)[C@@H]1O)[C@@H]1CC[C@@]2(C)[C@H]1[C@@H](O)CC1[C@]3(C)CC[C@@H](O[C@H]4O[C@@H](CO)[C@H](O)[C@@H](O)[C@@H]4O[C@H]4O[C@@H](CO)[C@H](O)[C@@H](O)[C@@H]4O)C(C)(C)C3CC[C@@]12C. The number of aliphatic hydroxyl groups is 16. The van der Waals surface area contributed by atoms with Gasteiger partial charge in [-0.05, 0) is 124 Å². The molecular weight excluding hydrogens is 1110 g/mol. The smallest absolute Gasteiger partial charge is 0.187 e. The van der Waals surface area contributed by atoms with Gasteiger partial charge in [-0.15, -0.1) is 0 Å². The first kappa shape index (κ1) is 67.1. The zero-order valence-electron chi connectivity index (χ0n) is 49.5. The number of fused-ring (bicyclic) bond motifs is 5. The summed E-state index contributed by atoms with van der Waals surface area (Å²) < 4.78 is 60.9. The van der Waals surface area contributed by atoms with E-state index in [0.717, 1.165) is 24.8 Å². The van der Waals surface area contributed by atoms with Crippen LogP contribution in [0, 0.1) is 45.3 Å². The Balaban J connectivity index is 0.918. The zero-order valence-corrected chi connectivity index (χ0v) is 49.5. The summed E-state index contributed by atoms with van der Waals surface area (Å²) in [7, 11) is 0. The van der Waals surface area contributed by atoms with E-state index >= 15 is 0 Å². The predicted molar refractivity (Wildman–Crippen MR) is 287 cm³/mol. The minimum atomic E-state index is -1.83. The van der Waals surface area contributed by atoms with E-state index in [9.17, 15) is 81.7 Å². The molecule has 26 heteroatoms. The molecule has 0 bridgehead atoms. The van der Waals surface area contributed by atoms with E-state index in [0.29, 0.717) is 38.5 Å². The molecule has 486 valence electrons. The fourth-order valence-corrected chi connectivity index (χ4v) is 17.2. The lowest BCUT2D eigenvalue weighted by Gasteiger charge is -2.71. The maximum atomic E-state index is 12.9. The van der Waals surface area contributed by atoms with Crippen molar-refractivity contribution in [2.45, 2.75) is 272 Å². The summed E-state index contributed by atoms with van der Waals surface area (Å²) in [6.45, 7) is 14.1. The number of ether oxygens (including phenoxy) is 10. The Morgan fingerprint density at radius 3 is 1.70 bits per heavy atom. The van der Waals surface area contributed by atoms with Crippen LogP contribution in [0.5, 0.6) is 0 Å². The highest BCUT2D eigenvalue weighted by molar-refractivity contribution is 5.21. The van der Waals surface area contributed by atoms with E-state index < -0.39 is 203 Å². The van der Waals surface area contributed by atoms with Crippen molar-refractivity contribution in [1.29, 1.82) is 0 Å². The van der Waals surface area contributed by atoms with Crippen LogP contribution >= 0.6 is 0 Å². The minimum absolute atomic E-state index is 0.0176. The van der Waals surface area contributed by atoms with Crippen molar-refractivity contribution in [3.05, 3.63) is 11.6 Å². The molecule has 0 amide bonds. The van der Waals surface area contributed by atoms with Gasteiger partial charge in [-0.2, -0.15) is 0 Å². The van der Waals surface area contributed by atoms with Crippen molar-refractivity contribution in [3.63, 3.8) is 0 Å².